The Morgan fingerprint density at radius 2 is 1.50 bits per heavy atom. The van der Waals surface area contributed by atoms with E-state index < -0.39 is 0 Å². The molecule has 0 saturated heterocycles. The van der Waals surface area contributed by atoms with E-state index in [9.17, 15) is 15.0 Å². The number of carbonyl (C=O) groups excluding carboxylic acids is 1. The summed E-state index contributed by atoms with van der Waals surface area (Å²) < 4.78 is 0.831. The molecule has 5 heteroatoms. The van der Waals surface area contributed by atoms with Crippen molar-refractivity contribution in [2.45, 2.75) is 0 Å². The number of ketones is 1. The van der Waals surface area contributed by atoms with Crippen LogP contribution in [0.15, 0.2) is 66.7 Å². The van der Waals surface area contributed by atoms with Gasteiger partial charge < -0.3 is 10.2 Å². The van der Waals surface area contributed by atoms with Crippen molar-refractivity contribution in [2.24, 2.45) is 0 Å². The second kappa shape index (κ2) is 6.48. The van der Waals surface area contributed by atoms with Crippen LogP contribution < -0.4 is 0 Å². The third-order valence-corrected chi connectivity index (χ3v) is 5.55. The number of thiophene rings is 1. The molecule has 4 rings (SSSR count). The smallest absolute Gasteiger partial charge is 0.203 e. The number of carbonyl (C=O) groups is 1. The lowest BCUT2D eigenvalue weighted by Gasteiger charge is -2.06. The van der Waals surface area contributed by atoms with E-state index in [1.807, 2.05) is 18.2 Å². The molecule has 0 unspecified atom stereocenters. The molecule has 0 amide bonds. The van der Waals surface area contributed by atoms with Gasteiger partial charge in [0.05, 0.1) is 4.88 Å². The number of hydrogen-bond acceptors (Lipinski definition) is 4. The van der Waals surface area contributed by atoms with Crippen molar-refractivity contribution in [3.05, 3.63) is 82.2 Å². The summed E-state index contributed by atoms with van der Waals surface area (Å²) in [6.45, 7) is 0. The average Bonchev–Trinajstić information content (AvgIpc) is 3.01. The molecule has 0 bridgehead atoms. The molecule has 0 radical (unpaired) electrons. The Morgan fingerprint density at radius 1 is 0.846 bits per heavy atom. The number of phenols is 2. The normalized spacial score (nSPS) is 11.0. The van der Waals surface area contributed by atoms with Crippen LogP contribution in [-0.2, 0) is 0 Å². The van der Waals surface area contributed by atoms with Crippen LogP contribution in [-0.4, -0.2) is 16.0 Å². The van der Waals surface area contributed by atoms with E-state index in [-0.39, 0.29) is 17.3 Å². The summed E-state index contributed by atoms with van der Waals surface area (Å²) >= 11 is 7.34. The Morgan fingerprint density at radius 3 is 2.19 bits per heavy atom. The molecular formula is C21H13ClO3S. The zero-order valence-electron chi connectivity index (χ0n) is 13.4. The van der Waals surface area contributed by atoms with Crippen LogP contribution in [0, 0.1) is 0 Å². The molecule has 128 valence electrons. The zero-order valence-corrected chi connectivity index (χ0v) is 15.0. The number of aromatic hydroxyl groups is 2. The van der Waals surface area contributed by atoms with E-state index in [2.05, 4.69) is 0 Å². The number of rotatable bonds is 3. The van der Waals surface area contributed by atoms with E-state index in [1.165, 1.54) is 23.5 Å². The van der Waals surface area contributed by atoms with Gasteiger partial charge in [0.25, 0.3) is 0 Å². The molecule has 0 atom stereocenters. The minimum absolute atomic E-state index is 0.112. The first-order valence-corrected chi connectivity index (χ1v) is 9.07. The Labute approximate surface area is 158 Å². The van der Waals surface area contributed by atoms with Crippen molar-refractivity contribution in [2.75, 3.05) is 0 Å². The minimum atomic E-state index is -0.129. The Bertz CT molecular complexity index is 1110. The van der Waals surface area contributed by atoms with Gasteiger partial charge in [-0.1, -0.05) is 23.7 Å². The number of phenolic OH excluding ortho intramolecular Hbond substituents is 2. The van der Waals surface area contributed by atoms with Gasteiger partial charge in [-0.25, -0.2) is 0 Å². The lowest BCUT2D eigenvalue weighted by molar-refractivity contribution is 0.104. The predicted molar refractivity (Wildman–Crippen MR) is 105 cm³/mol. The average molecular weight is 381 g/mol. The largest absolute Gasteiger partial charge is 0.508 e. The lowest BCUT2D eigenvalue weighted by atomic mass is 9.98. The Hall–Kier alpha value is -2.82. The van der Waals surface area contributed by atoms with E-state index in [1.54, 1.807) is 36.4 Å². The molecule has 1 heterocycles. The van der Waals surface area contributed by atoms with Crippen LogP contribution in [0.4, 0.5) is 0 Å². The second-order valence-electron chi connectivity index (χ2n) is 5.87. The summed E-state index contributed by atoms with van der Waals surface area (Å²) in [4.78, 5) is 13.7. The first-order valence-electron chi connectivity index (χ1n) is 7.88. The van der Waals surface area contributed by atoms with Gasteiger partial charge in [0, 0.05) is 26.2 Å². The van der Waals surface area contributed by atoms with E-state index >= 15 is 0 Å². The summed E-state index contributed by atoms with van der Waals surface area (Å²) in [5.41, 5.74) is 2.20. The van der Waals surface area contributed by atoms with Gasteiger partial charge in [-0.3, -0.25) is 4.79 Å². The standard InChI is InChI=1S/C21H13ClO3S/c22-14-5-1-12(2-6-14)19-17-10-9-16(24)11-18(17)26-21(19)20(25)13-3-7-15(23)8-4-13/h1-11,23-24H. The maximum absolute atomic E-state index is 13.1. The molecule has 0 spiro atoms. The highest BCUT2D eigenvalue weighted by Crippen LogP contribution is 2.41. The molecular weight excluding hydrogens is 368 g/mol. The van der Waals surface area contributed by atoms with E-state index in [0.29, 0.717) is 15.5 Å². The monoisotopic (exact) mass is 380 g/mol. The number of benzene rings is 3. The number of halogens is 1. The molecule has 26 heavy (non-hydrogen) atoms. The molecule has 0 aliphatic carbocycles. The third-order valence-electron chi connectivity index (χ3n) is 4.14. The Kier molecular flexibility index (Phi) is 4.15. The predicted octanol–water partition coefficient (Wildman–Crippen LogP) is 5.86. The summed E-state index contributed by atoms with van der Waals surface area (Å²) in [6, 6.07) is 18.6. The first-order chi connectivity index (χ1) is 12.5. The van der Waals surface area contributed by atoms with Gasteiger partial charge in [0.2, 0.25) is 5.78 Å². The molecule has 4 aromatic rings. The molecule has 0 saturated carbocycles. The van der Waals surface area contributed by atoms with Gasteiger partial charge in [0.15, 0.2) is 0 Å². The SMILES string of the molecule is O=C(c1ccc(O)cc1)c1sc2cc(O)ccc2c1-c1ccc(Cl)cc1. The number of fused-ring (bicyclic) bond motifs is 1. The fourth-order valence-electron chi connectivity index (χ4n) is 2.89. The van der Waals surface area contributed by atoms with Crippen molar-refractivity contribution >= 4 is 38.8 Å². The van der Waals surface area contributed by atoms with Crippen LogP contribution in [0.3, 0.4) is 0 Å². The van der Waals surface area contributed by atoms with Gasteiger partial charge in [0.1, 0.15) is 11.5 Å². The highest BCUT2D eigenvalue weighted by Gasteiger charge is 2.21. The van der Waals surface area contributed by atoms with Gasteiger partial charge in [-0.15, -0.1) is 11.3 Å². The summed E-state index contributed by atoms with van der Waals surface area (Å²) in [5, 5.41) is 20.8. The van der Waals surface area contributed by atoms with Crippen molar-refractivity contribution in [3.8, 4) is 22.6 Å². The van der Waals surface area contributed by atoms with E-state index in [4.69, 9.17) is 11.6 Å². The van der Waals surface area contributed by atoms with Crippen molar-refractivity contribution < 1.29 is 15.0 Å². The van der Waals surface area contributed by atoms with E-state index in [0.717, 1.165) is 21.2 Å². The van der Waals surface area contributed by atoms with Crippen molar-refractivity contribution in [1.82, 2.24) is 0 Å². The fourth-order valence-corrected chi connectivity index (χ4v) is 4.24. The van der Waals surface area contributed by atoms with Crippen LogP contribution in [0.25, 0.3) is 21.2 Å². The summed E-state index contributed by atoms with van der Waals surface area (Å²) in [5.74, 6) is 0.140. The van der Waals surface area contributed by atoms with Crippen LogP contribution >= 0.6 is 22.9 Å². The lowest BCUT2D eigenvalue weighted by Crippen LogP contribution is -2.00. The highest BCUT2D eigenvalue weighted by atomic mass is 35.5. The van der Waals surface area contributed by atoms with Crippen molar-refractivity contribution in [3.63, 3.8) is 0 Å². The van der Waals surface area contributed by atoms with Gasteiger partial charge >= 0.3 is 0 Å². The zero-order chi connectivity index (χ0) is 18.3. The fraction of sp³-hybridized carbons (Fsp3) is 0. The van der Waals surface area contributed by atoms with Crippen LogP contribution in [0.2, 0.25) is 5.02 Å². The van der Waals surface area contributed by atoms with Gasteiger partial charge in [-0.05, 0) is 60.2 Å². The topological polar surface area (TPSA) is 57.5 Å². The third kappa shape index (κ3) is 2.94. The minimum Gasteiger partial charge on any atom is -0.508 e. The quantitative estimate of drug-likeness (QED) is 0.437. The highest BCUT2D eigenvalue weighted by molar-refractivity contribution is 7.21. The molecule has 0 aliphatic rings. The summed E-state index contributed by atoms with van der Waals surface area (Å²) in [6.07, 6.45) is 0. The van der Waals surface area contributed by atoms with Crippen molar-refractivity contribution in [1.29, 1.82) is 0 Å². The maximum atomic E-state index is 13.1. The molecule has 3 nitrogen and oxygen atoms in total. The van der Waals surface area contributed by atoms with Gasteiger partial charge in [-0.2, -0.15) is 0 Å². The molecule has 0 fully saturated rings. The van der Waals surface area contributed by atoms with Crippen LogP contribution in [0.1, 0.15) is 15.2 Å². The second-order valence-corrected chi connectivity index (χ2v) is 7.36. The molecule has 0 aliphatic heterocycles. The summed E-state index contributed by atoms with van der Waals surface area (Å²) in [7, 11) is 0. The Balaban J connectivity index is 1.95. The first kappa shape index (κ1) is 16.6. The molecule has 1 aromatic heterocycles. The molecule has 3 aromatic carbocycles. The maximum Gasteiger partial charge on any atom is 0.203 e. The number of hydrogen-bond donors (Lipinski definition) is 2. The molecule has 2 N–H and O–H groups in total. The van der Waals surface area contributed by atoms with Crippen LogP contribution in [0.5, 0.6) is 11.5 Å².